The van der Waals surface area contributed by atoms with Crippen LogP contribution in [0.3, 0.4) is 0 Å². The van der Waals surface area contributed by atoms with Gasteiger partial charge in [0.2, 0.25) is 0 Å². The highest BCUT2D eigenvalue weighted by molar-refractivity contribution is 9.10. The lowest BCUT2D eigenvalue weighted by Gasteiger charge is -2.15. The van der Waals surface area contributed by atoms with Crippen LogP contribution < -0.4 is 19.0 Å². The fraction of sp³-hybridized carbons (Fsp3) is 0.333. The summed E-state index contributed by atoms with van der Waals surface area (Å²) in [5.74, 6) is 1.67. The van der Waals surface area contributed by atoms with Gasteiger partial charge in [-0.1, -0.05) is 15.9 Å². The van der Waals surface area contributed by atoms with E-state index in [2.05, 4.69) is 31.2 Å². The minimum absolute atomic E-state index is 0.158. The molecule has 0 aliphatic heterocycles. The molecule has 0 amide bonds. The number of benzene rings is 2. The summed E-state index contributed by atoms with van der Waals surface area (Å²) in [5.41, 5.74) is 1.19. The molecule has 0 aliphatic carbocycles. The van der Waals surface area contributed by atoms with Crippen molar-refractivity contribution in [1.82, 2.24) is 9.97 Å². The summed E-state index contributed by atoms with van der Waals surface area (Å²) in [6.45, 7) is 1.51. The van der Waals surface area contributed by atoms with E-state index < -0.39 is 10.1 Å². The standard InChI is InChI=1S/C21H24BrN3O7S/c1-28-4-6-30-19-11-17-18(12-20(19)31-7-5-29-2)23-13-24-21(17)25-15-8-14(22)9-16(10-15)32-33(3,26)27/h8-13H,4-7H2,1-3H3,(H,23,24,25). The lowest BCUT2D eigenvalue weighted by Crippen LogP contribution is -2.09. The Kier molecular flexibility index (Phi) is 8.67. The fourth-order valence-electron chi connectivity index (χ4n) is 2.85. The molecule has 10 nitrogen and oxygen atoms in total. The zero-order valence-corrected chi connectivity index (χ0v) is 20.7. The Balaban J connectivity index is 1.97. The molecule has 0 atom stereocenters. The Morgan fingerprint density at radius 3 is 2.21 bits per heavy atom. The van der Waals surface area contributed by atoms with E-state index in [1.165, 1.54) is 6.33 Å². The summed E-state index contributed by atoms with van der Waals surface area (Å²) in [6.07, 6.45) is 2.40. The number of fused-ring (bicyclic) bond motifs is 1. The van der Waals surface area contributed by atoms with Gasteiger partial charge in [0.25, 0.3) is 0 Å². The maximum atomic E-state index is 11.5. The second-order valence-electron chi connectivity index (χ2n) is 6.81. The maximum Gasteiger partial charge on any atom is 0.306 e. The molecule has 2 aromatic carbocycles. The van der Waals surface area contributed by atoms with Crippen LogP contribution in [0.25, 0.3) is 10.9 Å². The highest BCUT2D eigenvalue weighted by atomic mass is 79.9. The zero-order valence-electron chi connectivity index (χ0n) is 18.3. The van der Waals surface area contributed by atoms with Gasteiger partial charge in [-0.3, -0.25) is 0 Å². The van der Waals surface area contributed by atoms with Gasteiger partial charge >= 0.3 is 10.1 Å². The van der Waals surface area contributed by atoms with Crippen molar-refractivity contribution in [3.63, 3.8) is 0 Å². The molecule has 1 aromatic heterocycles. The molecule has 0 spiro atoms. The summed E-state index contributed by atoms with van der Waals surface area (Å²) >= 11 is 3.36. The van der Waals surface area contributed by atoms with Crippen LogP contribution in [0.1, 0.15) is 0 Å². The number of anilines is 2. The minimum atomic E-state index is -3.67. The first-order valence-corrected chi connectivity index (χ1v) is 12.4. The van der Waals surface area contributed by atoms with Crippen molar-refractivity contribution in [1.29, 1.82) is 0 Å². The van der Waals surface area contributed by atoms with Gasteiger partial charge in [-0.25, -0.2) is 9.97 Å². The maximum absolute atomic E-state index is 11.5. The van der Waals surface area contributed by atoms with Crippen molar-refractivity contribution in [2.45, 2.75) is 0 Å². The molecule has 1 heterocycles. The third-order valence-corrected chi connectivity index (χ3v) is 5.13. The minimum Gasteiger partial charge on any atom is -0.487 e. The molecule has 3 rings (SSSR count). The van der Waals surface area contributed by atoms with Crippen molar-refractivity contribution in [2.24, 2.45) is 0 Å². The molecule has 0 aliphatic rings. The first kappa shape index (κ1) is 25.0. The highest BCUT2D eigenvalue weighted by Crippen LogP contribution is 2.36. The van der Waals surface area contributed by atoms with Gasteiger partial charge in [0.15, 0.2) is 11.5 Å². The Morgan fingerprint density at radius 1 is 0.909 bits per heavy atom. The van der Waals surface area contributed by atoms with Gasteiger partial charge in [-0.15, -0.1) is 0 Å². The van der Waals surface area contributed by atoms with E-state index >= 15 is 0 Å². The summed E-state index contributed by atoms with van der Waals surface area (Å²) in [7, 11) is -0.484. The number of ether oxygens (including phenoxy) is 4. The molecule has 178 valence electrons. The van der Waals surface area contributed by atoms with Crippen LogP contribution in [0.2, 0.25) is 0 Å². The van der Waals surface area contributed by atoms with Crippen molar-refractivity contribution in [3.8, 4) is 17.2 Å². The van der Waals surface area contributed by atoms with Crippen molar-refractivity contribution >= 4 is 48.5 Å². The molecular weight excluding hydrogens is 518 g/mol. The number of methoxy groups -OCH3 is 2. The normalized spacial score (nSPS) is 11.4. The molecule has 0 fully saturated rings. The zero-order chi connectivity index (χ0) is 23.8. The second-order valence-corrected chi connectivity index (χ2v) is 9.30. The molecular formula is C21H24BrN3O7S. The number of hydrogen-bond donors (Lipinski definition) is 1. The molecule has 1 N–H and O–H groups in total. The van der Waals surface area contributed by atoms with Gasteiger partial charge in [0.1, 0.15) is 31.1 Å². The van der Waals surface area contributed by atoms with Crippen molar-refractivity contribution in [2.75, 3.05) is 52.2 Å². The molecule has 0 saturated carbocycles. The number of rotatable bonds is 12. The van der Waals surface area contributed by atoms with Gasteiger partial charge in [-0.05, 0) is 18.2 Å². The summed E-state index contributed by atoms with van der Waals surface area (Å²) in [4.78, 5) is 8.68. The third kappa shape index (κ3) is 7.42. The number of nitrogens with one attached hydrogen (secondary N) is 1. The molecule has 0 radical (unpaired) electrons. The SMILES string of the molecule is COCCOc1cc2ncnc(Nc3cc(Br)cc(OS(C)(=O)=O)c3)c2cc1OCCOC. The van der Waals surface area contributed by atoms with Gasteiger partial charge in [0.05, 0.1) is 25.0 Å². The number of hydrogen-bond acceptors (Lipinski definition) is 10. The molecule has 0 unspecified atom stereocenters. The van der Waals surface area contributed by atoms with Crippen LogP contribution in [0.15, 0.2) is 41.1 Å². The second kappa shape index (κ2) is 11.5. The molecule has 0 bridgehead atoms. The Bertz CT molecular complexity index is 1210. The van der Waals surface area contributed by atoms with Gasteiger partial charge < -0.3 is 28.4 Å². The van der Waals surface area contributed by atoms with E-state index in [0.717, 1.165) is 6.26 Å². The lowest BCUT2D eigenvalue weighted by atomic mass is 10.2. The average Bonchev–Trinajstić information content (AvgIpc) is 2.73. The van der Waals surface area contributed by atoms with E-state index in [-0.39, 0.29) is 5.75 Å². The number of nitrogens with zero attached hydrogens (tertiary/aromatic N) is 2. The van der Waals surface area contributed by atoms with E-state index in [1.807, 2.05) is 0 Å². The van der Waals surface area contributed by atoms with Crippen LogP contribution in [-0.4, -0.2) is 65.3 Å². The summed E-state index contributed by atoms with van der Waals surface area (Å²) in [5, 5.41) is 3.86. The average molecular weight is 542 g/mol. The van der Waals surface area contributed by atoms with Crippen molar-refractivity contribution in [3.05, 3.63) is 41.1 Å². The smallest absolute Gasteiger partial charge is 0.306 e. The Hall–Kier alpha value is -2.67. The van der Waals surface area contributed by atoms with Crippen molar-refractivity contribution < 1.29 is 31.5 Å². The van der Waals surface area contributed by atoms with E-state index in [0.29, 0.717) is 64.8 Å². The molecule has 3 aromatic rings. The van der Waals surface area contributed by atoms with E-state index in [4.69, 9.17) is 23.1 Å². The Labute approximate surface area is 200 Å². The first-order valence-electron chi connectivity index (χ1n) is 9.78. The predicted molar refractivity (Wildman–Crippen MR) is 127 cm³/mol. The fourth-order valence-corrected chi connectivity index (χ4v) is 3.77. The quantitative estimate of drug-likeness (QED) is 0.269. The highest BCUT2D eigenvalue weighted by Gasteiger charge is 2.14. The number of aromatic nitrogens is 2. The third-order valence-electron chi connectivity index (χ3n) is 4.17. The largest absolute Gasteiger partial charge is 0.487 e. The Morgan fingerprint density at radius 2 is 1.58 bits per heavy atom. The lowest BCUT2D eigenvalue weighted by molar-refractivity contribution is 0.132. The molecule has 33 heavy (non-hydrogen) atoms. The van der Waals surface area contributed by atoms with Gasteiger partial charge in [0, 0.05) is 41.9 Å². The molecule has 12 heteroatoms. The number of halogens is 1. The topological polar surface area (TPSA) is 118 Å². The summed E-state index contributed by atoms with van der Waals surface area (Å²) < 4.78 is 50.4. The van der Waals surface area contributed by atoms with Crippen LogP contribution in [-0.2, 0) is 19.6 Å². The predicted octanol–water partition coefficient (Wildman–Crippen LogP) is 3.52. The van der Waals surface area contributed by atoms with E-state index in [1.54, 1.807) is 44.6 Å². The van der Waals surface area contributed by atoms with Gasteiger partial charge in [-0.2, -0.15) is 8.42 Å². The van der Waals surface area contributed by atoms with Crippen LogP contribution >= 0.6 is 15.9 Å². The van der Waals surface area contributed by atoms with E-state index in [9.17, 15) is 8.42 Å². The van der Waals surface area contributed by atoms with Crippen LogP contribution in [0.4, 0.5) is 11.5 Å². The monoisotopic (exact) mass is 541 g/mol. The molecule has 0 saturated heterocycles. The van der Waals surface area contributed by atoms with Crippen LogP contribution in [0, 0.1) is 0 Å². The first-order chi connectivity index (χ1) is 15.8. The van der Waals surface area contributed by atoms with Crippen LogP contribution in [0.5, 0.6) is 17.2 Å². The summed E-state index contributed by atoms with van der Waals surface area (Å²) in [6, 6.07) is 8.41.